The summed E-state index contributed by atoms with van der Waals surface area (Å²) in [5, 5.41) is 51.0. The van der Waals surface area contributed by atoms with Crippen LogP contribution in [-0.4, -0.2) is 37.6 Å². The number of hydrogen-bond donors (Lipinski definition) is 4. The molecule has 7 nitrogen and oxygen atoms in total. The first-order chi connectivity index (χ1) is 12.3. The van der Waals surface area contributed by atoms with Gasteiger partial charge in [-0.2, -0.15) is 5.26 Å². The van der Waals surface area contributed by atoms with Crippen LogP contribution in [-0.2, 0) is 16.0 Å². The highest BCUT2D eigenvalue weighted by Gasteiger charge is 2.59. The van der Waals surface area contributed by atoms with E-state index in [4.69, 9.17) is 5.26 Å². The number of nitriles is 1. The highest BCUT2D eigenvalue weighted by atomic mass is 16.3. The van der Waals surface area contributed by atoms with Gasteiger partial charge in [0.2, 0.25) is 5.78 Å². The molecule has 4 rings (SSSR count). The largest absolute Gasteiger partial charge is 0.507 e. The van der Waals surface area contributed by atoms with E-state index in [1.807, 2.05) is 0 Å². The number of ketones is 2. The molecular formula is C19H15NO6. The van der Waals surface area contributed by atoms with Crippen molar-refractivity contribution in [3.05, 3.63) is 46.2 Å². The van der Waals surface area contributed by atoms with Gasteiger partial charge < -0.3 is 20.4 Å². The molecule has 0 radical (unpaired) electrons. The number of benzene rings is 1. The Morgan fingerprint density at radius 1 is 1.15 bits per heavy atom. The number of fused-ring (bicyclic) bond motifs is 3. The van der Waals surface area contributed by atoms with Gasteiger partial charge in [0.05, 0.1) is 5.56 Å². The molecule has 1 aromatic carbocycles. The Morgan fingerprint density at radius 2 is 1.88 bits per heavy atom. The molecule has 0 unspecified atom stereocenters. The first-order valence-corrected chi connectivity index (χ1v) is 8.19. The fourth-order valence-corrected chi connectivity index (χ4v) is 4.42. The Balaban J connectivity index is 1.94. The summed E-state index contributed by atoms with van der Waals surface area (Å²) in [6.07, 6.45) is 0.309. The quantitative estimate of drug-likeness (QED) is 0.554. The van der Waals surface area contributed by atoms with E-state index in [1.165, 1.54) is 12.1 Å². The molecule has 0 aliphatic heterocycles. The molecule has 0 bridgehead atoms. The molecule has 3 aliphatic rings. The summed E-state index contributed by atoms with van der Waals surface area (Å²) in [5.41, 5.74) is -2.34. The first-order valence-electron chi connectivity index (χ1n) is 8.19. The van der Waals surface area contributed by atoms with E-state index in [1.54, 1.807) is 12.1 Å². The lowest BCUT2D eigenvalue weighted by molar-refractivity contribution is -0.147. The standard InChI is InChI=1S/C19H15NO6/c20-7-11-13(22)6-10-5-9-4-8-2-1-3-12(21)14(8)16(23)15(9)18(25)19(10,26)17(11)24/h1-3,9-10,21,23-24,26H,4-6H2/t9-,10-,19+/m0/s1. The predicted molar refractivity (Wildman–Crippen MR) is 87.8 cm³/mol. The summed E-state index contributed by atoms with van der Waals surface area (Å²) in [5.74, 6) is -4.45. The second kappa shape index (κ2) is 5.19. The van der Waals surface area contributed by atoms with Crippen molar-refractivity contribution in [1.29, 1.82) is 5.26 Å². The maximum absolute atomic E-state index is 13.1. The van der Waals surface area contributed by atoms with Crippen LogP contribution in [0.5, 0.6) is 5.75 Å². The van der Waals surface area contributed by atoms with Crippen LogP contribution < -0.4 is 0 Å². The Labute approximate surface area is 148 Å². The van der Waals surface area contributed by atoms with Gasteiger partial charge in [-0.25, -0.2) is 0 Å². The minimum Gasteiger partial charge on any atom is -0.507 e. The second-order valence-corrected chi connectivity index (χ2v) is 6.97. The molecule has 0 spiro atoms. The van der Waals surface area contributed by atoms with Gasteiger partial charge in [0.25, 0.3) is 0 Å². The van der Waals surface area contributed by atoms with Gasteiger partial charge in [0.1, 0.15) is 23.2 Å². The molecule has 3 atom stereocenters. The third-order valence-corrected chi connectivity index (χ3v) is 5.67. The third kappa shape index (κ3) is 1.85. The Morgan fingerprint density at radius 3 is 2.58 bits per heavy atom. The van der Waals surface area contributed by atoms with Crippen LogP contribution in [0.1, 0.15) is 24.0 Å². The van der Waals surface area contributed by atoms with Crippen LogP contribution in [0.3, 0.4) is 0 Å². The van der Waals surface area contributed by atoms with Crippen LogP contribution in [0.25, 0.3) is 5.76 Å². The number of allylic oxidation sites excluding steroid dienone is 1. The molecule has 0 saturated heterocycles. The molecule has 0 amide bonds. The average molecular weight is 353 g/mol. The second-order valence-electron chi connectivity index (χ2n) is 6.97. The monoisotopic (exact) mass is 353 g/mol. The zero-order valence-electron chi connectivity index (χ0n) is 13.6. The summed E-state index contributed by atoms with van der Waals surface area (Å²) in [6, 6.07) is 6.28. The number of Topliss-reactive ketones (excluding diaryl/α,β-unsaturated/α-hetero) is 2. The van der Waals surface area contributed by atoms with E-state index in [-0.39, 0.29) is 29.7 Å². The molecule has 1 aromatic rings. The minimum absolute atomic E-state index is 0.0871. The van der Waals surface area contributed by atoms with E-state index < -0.39 is 46.1 Å². The minimum atomic E-state index is -2.42. The van der Waals surface area contributed by atoms with Crippen molar-refractivity contribution in [3.63, 3.8) is 0 Å². The van der Waals surface area contributed by atoms with E-state index in [9.17, 15) is 30.0 Å². The number of carbonyl (C=O) groups is 2. The lowest BCUT2D eigenvalue weighted by Gasteiger charge is -2.45. The van der Waals surface area contributed by atoms with Gasteiger partial charge in [-0.15, -0.1) is 0 Å². The fourth-order valence-electron chi connectivity index (χ4n) is 4.42. The normalized spacial score (nSPS) is 30.5. The van der Waals surface area contributed by atoms with Crippen LogP contribution >= 0.6 is 0 Å². The lowest BCUT2D eigenvalue weighted by Crippen LogP contribution is -2.57. The Kier molecular flexibility index (Phi) is 3.27. The number of phenols is 1. The summed E-state index contributed by atoms with van der Waals surface area (Å²) >= 11 is 0. The number of phenolic OH excluding ortho intramolecular Hbond substituents is 1. The smallest absolute Gasteiger partial charge is 0.202 e. The molecule has 0 aromatic heterocycles. The Hall–Kier alpha value is -3.11. The van der Waals surface area contributed by atoms with E-state index in [0.29, 0.717) is 12.0 Å². The summed E-state index contributed by atoms with van der Waals surface area (Å²) in [7, 11) is 0. The maximum Gasteiger partial charge on any atom is 0.202 e. The summed E-state index contributed by atoms with van der Waals surface area (Å²) in [4.78, 5) is 25.1. The number of aliphatic hydroxyl groups is 3. The van der Waals surface area contributed by atoms with E-state index in [0.717, 1.165) is 0 Å². The third-order valence-electron chi connectivity index (χ3n) is 5.67. The van der Waals surface area contributed by atoms with E-state index in [2.05, 4.69) is 0 Å². The molecular weight excluding hydrogens is 338 g/mol. The van der Waals surface area contributed by atoms with Crippen LogP contribution in [0.4, 0.5) is 0 Å². The number of rotatable bonds is 0. The van der Waals surface area contributed by atoms with Crippen molar-refractivity contribution in [1.82, 2.24) is 0 Å². The molecule has 26 heavy (non-hydrogen) atoms. The van der Waals surface area contributed by atoms with Crippen molar-refractivity contribution in [2.24, 2.45) is 11.8 Å². The molecule has 1 fully saturated rings. The van der Waals surface area contributed by atoms with Gasteiger partial charge in [-0.1, -0.05) is 12.1 Å². The van der Waals surface area contributed by atoms with Crippen molar-refractivity contribution < 1.29 is 30.0 Å². The van der Waals surface area contributed by atoms with Gasteiger partial charge in [0, 0.05) is 17.9 Å². The summed E-state index contributed by atoms with van der Waals surface area (Å²) in [6.45, 7) is 0. The number of carbonyl (C=O) groups excluding carboxylic acids is 2. The number of hydrogen-bond acceptors (Lipinski definition) is 7. The van der Waals surface area contributed by atoms with Crippen molar-refractivity contribution >= 4 is 17.3 Å². The van der Waals surface area contributed by atoms with Crippen LogP contribution in [0.2, 0.25) is 0 Å². The number of aromatic hydroxyl groups is 1. The molecule has 0 heterocycles. The van der Waals surface area contributed by atoms with Crippen LogP contribution in [0.15, 0.2) is 35.1 Å². The topological polar surface area (TPSA) is 139 Å². The molecule has 3 aliphatic carbocycles. The van der Waals surface area contributed by atoms with Gasteiger partial charge in [0.15, 0.2) is 17.1 Å². The average Bonchev–Trinajstić information content (AvgIpc) is 2.58. The molecule has 132 valence electrons. The van der Waals surface area contributed by atoms with E-state index >= 15 is 0 Å². The van der Waals surface area contributed by atoms with Gasteiger partial charge >= 0.3 is 0 Å². The molecule has 7 heteroatoms. The maximum atomic E-state index is 13.1. The fraction of sp³-hybridized carbons (Fsp3) is 0.316. The number of nitrogens with zero attached hydrogens (tertiary/aromatic N) is 1. The highest BCUT2D eigenvalue weighted by Crippen LogP contribution is 2.51. The molecule has 4 N–H and O–H groups in total. The number of aliphatic hydroxyl groups excluding tert-OH is 2. The SMILES string of the molecule is N#CC1=C(O)[C@@]2(O)C(=O)C3=C(O)c4c(O)cccc4C[C@H]3C[C@H]2CC1=O. The Bertz CT molecular complexity index is 982. The van der Waals surface area contributed by atoms with Gasteiger partial charge in [-0.3, -0.25) is 9.59 Å². The first kappa shape index (κ1) is 16.4. The zero-order valence-corrected chi connectivity index (χ0v) is 13.6. The van der Waals surface area contributed by atoms with Crippen molar-refractivity contribution in [3.8, 4) is 11.8 Å². The predicted octanol–water partition coefficient (Wildman–Crippen LogP) is 1.46. The summed E-state index contributed by atoms with van der Waals surface area (Å²) < 4.78 is 0. The van der Waals surface area contributed by atoms with Crippen molar-refractivity contribution in [2.75, 3.05) is 0 Å². The van der Waals surface area contributed by atoms with Crippen LogP contribution in [0, 0.1) is 23.2 Å². The van der Waals surface area contributed by atoms with Crippen molar-refractivity contribution in [2.45, 2.75) is 24.9 Å². The molecule has 1 saturated carbocycles. The van der Waals surface area contributed by atoms with Gasteiger partial charge in [-0.05, 0) is 30.4 Å². The zero-order chi connectivity index (χ0) is 18.8. The highest BCUT2D eigenvalue weighted by molar-refractivity contribution is 6.13. The lowest BCUT2D eigenvalue weighted by atomic mass is 9.59.